The van der Waals surface area contributed by atoms with E-state index in [0.29, 0.717) is 13.1 Å². The van der Waals surface area contributed by atoms with E-state index >= 15 is 0 Å². The smallest absolute Gasteiger partial charge is 0.162 e. The predicted molar refractivity (Wildman–Crippen MR) is 54.8 cm³/mol. The van der Waals surface area contributed by atoms with Crippen molar-refractivity contribution in [3.63, 3.8) is 0 Å². The molecule has 0 bridgehead atoms. The molecule has 1 fully saturated rings. The number of benzene rings is 1. The molecule has 0 atom stereocenters. The lowest BCUT2D eigenvalue weighted by Gasteiger charge is -2.40. The van der Waals surface area contributed by atoms with Gasteiger partial charge in [-0.25, -0.2) is 7.50 Å². The fourth-order valence-corrected chi connectivity index (χ4v) is 2.50. The first-order chi connectivity index (χ1) is 5.71. The molecule has 3 heteroatoms. The standard InChI is InChI=1S/C9H9FIN/c10-9(6-12(11)7-9)8-4-2-1-3-5-8/h1-5H,6-7H2. The van der Waals surface area contributed by atoms with Crippen LogP contribution in [-0.4, -0.2) is 16.2 Å². The van der Waals surface area contributed by atoms with Crippen molar-refractivity contribution in [1.29, 1.82) is 0 Å². The van der Waals surface area contributed by atoms with Gasteiger partial charge in [-0.3, -0.25) is 0 Å². The number of alkyl halides is 1. The molecule has 0 aliphatic carbocycles. The molecule has 12 heavy (non-hydrogen) atoms. The van der Waals surface area contributed by atoms with Crippen molar-refractivity contribution < 1.29 is 4.39 Å². The zero-order valence-corrected chi connectivity index (χ0v) is 8.66. The van der Waals surface area contributed by atoms with Crippen LogP contribution in [0.1, 0.15) is 5.56 Å². The van der Waals surface area contributed by atoms with Gasteiger partial charge in [0, 0.05) is 36.0 Å². The number of nitrogens with zero attached hydrogens (tertiary/aromatic N) is 1. The molecule has 0 amide bonds. The van der Waals surface area contributed by atoms with Crippen LogP contribution in [0.5, 0.6) is 0 Å². The minimum Gasteiger partial charge on any atom is -0.240 e. The molecule has 0 N–H and O–H groups in total. The third kappa shape index (κ3) is 1.35. The Labute approximate surface area is 85.1 Å². The molecule has 1 aromatic rings. The highest BCUT2D eigenvalue weighted by atomic mass is 127. The summed E-state index contributed by atoms with van der Waals surface area (Å²) in [4.78, 5) is 0. The minimum atomic E-state index is -1.09. The normalized spacial score (nSPS) is 21.8. The summed E-state index contributed by atoms with van der Waals surface area (Å²) in [5.74, 6) is 0. The summed E-state index contributed by atoms with van der Waals surface area (Å²) in [5, 5.41) is 0. The van der Waals surface area contributed by atoms with Crippen LogP contribution in [0, 0.1) is 0 Å². The van der Waals surface area contributed by atoms with E-state index in [1.807, 2.05) is 33.4 Å². The first kappa shape index (κ1) is 8.44. The second kappa shape index (κ2) is 2.96. The van der Waals surface area contributed by atoms with Crippen molar-refractivity contribution in [2.45, 2.75) is 5.67 Å². The van der Waals surface area contributed by atoms with Gasteiger partial charge in [0.1, 0.15) is 0 Å². The van der Waals surface area contributed by atoms with E-state index in [4.69, 9.17) is 0 Å². The van der Waals surface area contributed by atoms with E-state index in [-0.39, 0.29) is 0 Å². The Morgan fingerprint density at radius 1 is 1.25 bits per heavy atom. The summed E-state index contributed by atoms with van der Waals surface area (Å²) < 4.78 is 15.8. The van der Waals surface area contributed by atoms with Gasteiger partial charge in [0.2, 0.25) is 0 Å². The lowest BCUT2D eigenvalue weighted by Crippen LogP contribution is -2.51. The average Bonchev–Trinajstić information content (AvgIpc) is 2.04. The van der Waals surface area contributed by atoms with Crippen molar-refractivity contribution in [2.24, 2.45) is 0 Å². The van der Waals surface area contributed by atoms with E-state index in [0.717, 1.165) is 5.56 Å². The van der Waals surface area contributed by atoms with Crippen LogP contribution in [0.4, 0.5) is 4.39 Å². The zero-order chi connectivity index (χ0) is 8.60. The summed E-state index contributed by atoms with van der Waals surface area (Å²) in [6, 6.07) is 9.37. The molecule has 0 radical (unpaired) electrons. The van der Waals surface area contributed by atoms with Crippen LogP contribution in [0.25, 0.3) is 0 Å². The highest BCUT2D eigenvalue weighted by Gasteiger charge is 2.43. The number of halogens is 2. The highest BCUT2D eigenvalue weighted by Crippen LogP contribution is 2.37. The molecular formula is C9H9FIN. The maximum absolute atomic E-state index is 13.8. The molecule has 1 saturated heterocycles. The van der Waals surface area contributed by atoms with Crippen LogP contribution in [0.15, 0.2) is 30.3 Å². The monoisotopic (exact) mass is 277 g/mol. The number of hydrogen-bond acceptors (Lipinski definition) is 1. The van der Waals surface area contributed by atoms with Gasteiger partial charge in [0.05, 0.1) is 0 Å². The topological polar surface area (TPSA) is 3.24 Å². The summed E-state index contributed by atoms with van der Waals surface area (Å²) in [6.07, 6.45) is 0. The lowest BCUT2D eigenvalue weighted by molar-refractivity contribution is 0.0366. The Morgan fingerprint density at radius 3 is 2.33 bits per heavy atom. The van der Waals surface area contributed by atoms with Gasteiger partial charge >= 0.3 is 0 Å². The summed E-state index contributed by atoms with van der Waals surface area (Å²) in [5.41, 5.74) is -0.291. The Bertz CT molecular complexity index is 269. The van der Waals surface area contributed by atoms with E-state index in [1.165, 1.54) is 0 Å². The van der Waals surface area contributed by atoms with Crippen molar-refractivity contribution in [2.75, 3.05) is 13.1 Å². The molecule has 1 aliphatic rings. The van der Waals surface area contributed by atoms with Crippen LogP contribution in [-0.2, 0) is 5.67 Å². The number of rotatable bonds is 1. The lowest BCUT2D eigenvalue weighted by atomic mass is 9.90. The molecule has 0 unspecified atom stereocenters. The first-order valence-electron chi connectivity index (χ1n) is 3.86. The van der Waals surface area contributed by atoms with Crippen LogP contribution >= 0.6 is 22.9 Å². The van der Waals surface area contributed by atoms with E-state index in [1.54, 1.807) is 0 Å². The van der Waals surface area contributed by atoms with Gasteiger partial charge in [0.15, 0.2) is 5.67 Å². The van der Waals surface area contributed by atoms with E-state index in [2.05, 4.69) is 22.9 Å². The summed E-state index contributed by atoms with van der Waals surface area (Å²) in [6.45, 7) is 1.02. The zero-order valence-electron chi connectivity index (χ0n) is 6.50. The Kier molecular flexibility index (Phi) is 2.08. The van der Waals surface area contributed by atoms with Gasteiger partial charge in [-0.2, -0.15) is 0 Å². The van der Waals surface area contributed by atoms with Gasteiger partial charge in [-0.1, -0.05) is 30.3 Å². The van der Waals surface area contributed by atoms with Crippen molar-refractivity contribution in [3.8, 4) is 0 Å². The Morgan fingerprint density at radius 2 is 1.83 bits per heavy atom. The fourth-order valence-electron chi connectivity index (χ4n) is 1.42. The summed E-state index contributed by atoms with van der Waals surface area (Å²) >= 11 is 2.14. The quantitative estimate of drug-likeness (QED) is 0.563. The second-order valence-corrected chi connectivity index (χ2v) is 4.47. The minimum absolute atomic E-state index is 0.511. The average molecular weight is 277 g/mol. The van der Waals surface area contributed by atoms with Crippen molar-refractivity contribution >= 4 is 22.9 Å². The van der Waals surface area contributed by atoms with Crippen molar-refractivity contribution in [1.82, 2.24) is 3.11 Å². The molecule has 1 aliphatic heterocycles. The van der Waals surface area contributed by atoms with E-state index < -0.39 is 5.67 Å². The predicted octanol–water partition coefficient (Wildman–Crippen LogP) is 2.52. The Balaban J connectivity index is 2.21. The molecule has 2 rings (SSSR count). The Hall–Kier alpha value is -0.160. The third-order valence-electron chi connectivity index (χ3n) is 2.14. The van der Waals surface area contributed by atoms with Gasteiger partial charge in [0.25, 0.3) is 0 Å². The molecule has 1 aromatic carbocycles. The summed E-state index contributed by atoms with van der Waals surface area (Å²) in [7, 11) is 0. The van der Waals surface area contributed by atoms with Crippen LogP contribution in [0.3, 0.4) is 0 Å². The second-order valence-electron chi connectivity index (χ2n) is 3.11. The van der Waals surface area contributed by atoms with Crippen LogP contribution in [0.2, 0.25) is 0 Å². The molecule has 1 nitrogen and oxygen atoms in total. The maximum Gasteiger partial charge on any atom is 0.162 e. The molecule has 0 aromatic heterocycles. The molecular weight excluding hydrogens is 268 g/mol. The van der Waals surface area contributed by atoms with Crippen molar-refractivity contribution in [3.05, 3.63) is 35.9 Å². The van der Waals surface area contributed by atoms with Gasteiger partial charge < -0.3 is 0 Å². The van der Waals surface area contributed by atoms with Gasteiger partial charge in [-0.15, -0.1) is 0 Å². The van der Waals surface area contributed by atoms with Gasteiger partial charge in [-0.05, 0) is 5.56 Å². The third-order valence-corrected chi connectivity index (χ3v) is 2.82. The number of hydrogen-bond donors (Lipinski definition) is 0. The molecule has 0 saturated carbocycles. The molecule has 1 heterocycles. The highest BCUT2D eigenvalue weighted by molar-refractivity contribution is 14.1. The maximum atomic E-state index is 13.8. The fraction of sp³-hybridized carbons (Fsp3) is 0.333. The SMILES string of the molecule is FC1(c2ccccc2)CN(I)C1. The molecule has 0 spiro atoms. The van der Waals surface area contributed by atoms with Crippen LogP contribution < -0.4 is 0 Å². The largest absolute Gasteiger partial charge is 0.240 e. The van der Waals surface area contributed by atoms with E-state index in [9.17, 15) is 4.39 Å². The molecule has 64 valence electrons. The first-order valence-corrected chi connectivity index (χ1v) is 4.82.